The first-order valence-electron chi connectivity index (χ1n) is 8.50. The molecule has 4 rings (SSSR count). The van der Waals surface area contributed by atoms with E-state index in [-0.39, 0.29) is 0 Å². The highest BCUT2D eigenvalue weighted by Gasteiger charge is 2.30. The minimum absolute atomic E-state index is 0.559. The van der Waals surface area contributed by atoms with Crippen molar-refractivity contribution in [2.24, 2.45) is 0 Å². The Bertz CT molecular complexity index is 1190. The SMILES string of the molecule is COP(=O)(OC)c1ccc2ccccc2c1-c1c(Br)ccc2ccccc12. The van der Waals surface area contributed by atoms with E-state index in [1.165, 1.54) is 14.2 Å². The van der Waals surface area contributed by atoms with E-state index in [0.29, 0.717) is 5.30 Å². The molecule has 0 heterocycles. The summed E-state index contributed by atoms with van der Waals surface area (Å²) in [6.45, 7) is 0. The van der Waals surface area contributed by atoms with E-state index in [2.05, 4.69) is 34.1 Å². The van der Waals surface area contributed by atoms with Gasteiger partial charge in [-0.05, 0) is 33.7 Å². The van der Waals surface area contributed by atoms with Crippen LogP contribution in [0.2, 0.25) is 0 Å². The average Bonchev–Trinajstić information content (AvgIpc) is 2.72. The number of halogens is 1. The van der Waals surface area contributed by atoms with Crippen LogP contribution in [0.5, 0.6) is 0 Å². The quantitative estimate of drug-likeness (QED) is 0.338. The zero-order chi connectivity index (χ0) is 19.0. The van der Waals surface area contributed by atoms with Gasteiger partial charge in [-0.25, -0.2) is 0 Å². The van der Waals surface area contributed by atoms with E-state index in [0.717, 1.165) is 37.1 Å². The molecule has 0 saturated heterocycles. The molecule has 0 aromatic heterocycles. The Morgan fingerprint density at radius 3 is 1.81 bits per heavy atom. The fourth-order valence-corrected chi connectivity index (χ4v) is 5.37. The Kier molecular flexibility index (Phi) is 4.92. The van der Waals surface area contributed by atoms with Crippen LogP contribution in [0.3, 0.4) is 0 Å². The second-order valence-electron chi connectivity index (χ2n) is 6.19. The molecular weight excluding hydrogens is 423 g/mol. The largest absolute Gasteiger partial charge is 0.361 e. The number of hydrogen-bond donors (Lipinski definition) is 0. The Balaban J connectivity index is 2.23. The highest BCUT2D eigenvalue weighted by molar-refractivity contribution is 9.10. The molecule has 4 aromatic carbocycles. The van der Waals surface area contributed by atoms with Crippen molar-refractivity contribution in [3.63, 3.8) is 0 Å². The van der Waals surface area contributed by atoms with Crippen LogP contribution in [0.25, 0.3) is 32.7 Å². The van der Waals surface area contributed by atoms with Crippen molar-refractivity contribution in [1.29, 1.82) is 0 Å². The van der Waals surface area contributed by atoms with Gasteiger partial charge in [0.1, 0.15) is 0 Å². The lowest BCUT2D eigenvalue weighted by Gasteiger charge is -2.21. The maximum Gasteiger partial charge on any atom is 0.361 e. The minimum Gasteiger partial charge on any atom is -0.309 e. The van der Waals surface area contributed by atoms with Crippen LogP contribution in [-0.4, -0.2) is 14.2 Å². The lowest BCUT2D eigenvalue weighted by atomic mass is 9.94. The van der Waals surface area contributed by atoms with Gasteiger partial charge in [-0.3, -0.25) is 4.57 Å². The van der Waals surface area contributed by atoms with Gasteiger partial charge in [0, 0.05) is 29.8 Å². The fraction of sp³-hybridized carbons (Fsp3) is 0.0909. The molecule has 0 saturated carbocycles. The summed E-state index contributed by atoms with van der Waals surface area (Å²) in [5.74, 6) is 0. The van der Waals surface area contributed by atoms with Crippen molar-refractivity contribution in [3.8, 4) is 11.1 Å². The minimum atomic E-state index is -3.46. The highest BCUT2D eigenvalue weighted by Crippen LogP contribution is 2.50. The summed E-state index contributed by atoms with van der Waals surface area (Å²) in [7, 11) is -0.624. The standard InChI is InChI=1S/C22H18BrO3P/c1-25-27(24,26-2)20-14-12-16-8-4-6-10-18(16)22(20)21-17-9-5-3-7-15(17)11-13-19(21)23/h3-14H,1-2H3. The average molecular weight is 441 g/mol. The molecule has 27 heavy (non-hydrogen) atoms. The van der Waals surface area contributed by atoms with Gasteiger partial charge in [0.15, 0.2) is 0 Å². The van der Waals surface area contributed by atoms with Crippen LogP contribution < -0.4 is 5.30 Å². The summed E-state index contributed by atoms with van der Waals surface area (Å²) in [4.78, 5) is 0. The summed E-state index contributed by atoms with van der Waals surface area (Å²) in [5, 5.41) is 4.81. The second-order valence-corrected chi connectivity index (χ2v) is 9.25. The maximum atomic E-state index is 13.4. The van der Waals surface area contributed by atoms with Gasteiger partial charge < -0.3 is 9.05 Å². The molecule has 0 radical (unpaired) electrons. The molecule has 0 spiro atoms. The second kappa shape index (κ2) is 7.21. The zero-order valence-electron chi connectivity index (χ0n) is 15.0. The van der Waals surface area contributed by atoms with Crippen molar-refractivity contribution in [2.45, 2.75) is 0 Å². The molecule has 0 fully saturated rings. The van der Waals surface area contributed by atoms with Gasteiger partial charge >= 0.3 is 7.60 Å². The van der Waals surface area contributed by atoms with Crippen LogP contribution in [0.4, 0.5) is 0 Å². The molecule has 0 amide bonds. The predicted molar refractivity (Wildman–Crippen MR) is 116 cm³/mol. The van der Waals surface area contributed by atoms with Crippen molar-refractivity contribution in [3.05, 3.63) is 77.3 Å². The first-order chi connectivity index (χ1) is 13.1. The lowest BCUT2D eigenvalue weighted by Crippen LogP contribution is -2.12. The maximum absolute atomic E-state index is 13.4. The third kappa shape index (κ3) is 3.03. The molecule has 0 unspecified atom stereocenters. The summed E-state index contributed by atoms with van der Waals surface area (Å²) < 4.78 is 25.0. The predicted octanol–water partition coefficient (Wildman–Crippen LogP) is 6.53. The van der Waals surface area contributed by atoms with E-state index in [1.54, 1.807) is 0 Å². The van der Waals surface area contributed by atoms with Gasteiger partial charge in [0.2, 0.25) is 0 Å². The topological polar surface area (TPSA) is 35.5 Å². The molecule has 0 aliphatic rings. The molecule has 4 aromatic rings. The zero-order valence-corrected chi connectivity index (χ0v) is 17.5. The Morgan fingerprint density at radius 1 is 0.704 bits per heavy atom. The third-order valence-corrected chi connectivity index (χ3v) is 7.40. The molecule has 0 atom stereocenters. The molecular formula is C22H18BrO3P. The van der Waals surface area contributed by atoms with E-state index < -0.39 is 7.60 Å². The van der Waals surface area contributed by atoms with Crippen LogP contribution in [0.1, 0.15) is 0 Å². The van der Waals surface area contributed by atoms with Gasteiger partial charge in [0.05, 0.1) is 5.30 Å². The van der Waals surface area contributed by atoms with E-state index >= 15 is 0 Å². The van der Waals surface area contributed by atoms with Gasteiger partial charge in [-0.1, -0.05) is 76.6 Å². The van der Waals surface area contributed by atoms with E-state index in [4.69, 9.17) is 9.05 Å². The Hall–Kier alpha value is -1.97. The van der Waals surface area contributed by atoms with Gasteiger partial charge in [0.25, 0.3) is 0 Å². The third-order valence-electron chi connectivity index (χ3n) is 4.81. The first-order valence-corrected chi connectivity index (χ1v) is 10.8. The Labute approximate surface area is 166 Å². The number of hydrogen-bond acceptors (Lipinski definition) is 3. The van der Waals surface area contributed by atoms with Crippen LogP contribution in [0, 0.1) is 0 Å². The first kappa shape index (κ1) is 18.4. The molecule has 0 N–H and O–H groups in total. The van der Waals surface area contributed by atoms with Crippen molar-refractivity contribution in [1.82, 2.24) is 0 Å². The fourth-order valence-electron chi connectivity index (χ4n) is 3.52. The number of rotatable bonds is 4. The van der Waals surface area contributed by atoms with E-state index in [1.807, 2.05) is 54.6 Å². The molecule has 0 bridgehead atoms. The summed E-state index contributed by atoms with van der Waals surface area (Å²) >= 11 is 3.71. The molecule has 0 aliphatic heterocycles. The highest BCUT2D eigenvalue weighted by atomic mass is 79.9. The molecule has 5 heteroatoms. The molecule has 0 aliphatic carbocycles. The van der Waals surface area contributed by atoms with Crippen molar-refractivity contribution in [2.75, 3.05) is 14.2 Å². The van der Waals surface area contributed by atoms with E-state index in [9.17, 15) is 4.57 Å². The molecule has 3 nitrogen and oxygen atoms in total. The number of benzene rings is 4. The van der Waals surface area contributed by atoms with Crippen LogP contribution in [-0.2, 0) is 13.6 Å². The Morgan fingerprint density at radius 2 is 1.22 bits per heavy atom. The monoisotopic (exact) mass is 440 g/mol. The van der Waals surface area contributed by atoms with Crippen LogP contribution >= 0.6 is 23.5 Å². The number of fused-ring (bicyclic) bond motifs is 2. The van der Waals surface area contributed by atoms with Gasteiger partial charge in [-0.15, -0.1) is 0 Å². The summed E-state index contributed by atoms with van der Waals surface area (Å²) in [5.41, 5.74) is 1.85. The van der Waals surface area contributed by atoms with Crippen molar-refractivity contribution < 1.29 is 13.6 Å². The smallest absolute Gasteiger partial charge is 0.309 e. The normalized spacial score (nSPS) is 12.0. The van der Waals surface area contributed by atoms with Crippen molar-refractivity contribution >= 4 is 50.4 Å². The summed E-state index contributed by atoms with van der Waals surface area (Å²) in [6, 6.07) is 24.1. The lowest BCUT2D eigenvalue weighted by molar-refractivity contribution is 0.287. The summed E-state index contributed by atoms with van der Waals surface area (Å²) in [6.07, 6.45) is 0. The van der Waals surface area contributed by atoms with Crippen LogP contribution in [0.15, 0.2) is 77.3 Å². The van der Waals surface area contributed by atoms with Gasteiger partial charge in [-0.2, -0.15) is 0 Å². The molecule has 136 valence electrons.